The first kappa shape index (κ1) is 13.2. The largest absolute Gasteiger partial charge is 0.342 e. The highest BCUT2D eigenvalue weighted by atomic mass is 32.2. The first-order valence-electron chi connectivity index (χ1n) is 6.87. The number of nitrogens with zero attached hydrogens (tertiary/aromatic N) is 1. The highest BCUT2D eigenvalue weighted by Crippen LogP contribution is 2.26. The number of carbonyl (C=O) groups is 1. The minimum atomic E-state index is 0.378. The molecular weight excluding hydrogens is 232 g/mol. The molecular formula is C13H24N2OS. The number of hydrogen-bond donors (Lipinski definition) is 1. The van der Waals surface area contributed by atoms with Crippen LogP contribution in [0.5, 0.6) is 0 Å². The monoisotopic (exact) mass is 256 g/mol. The van der Waals surface area contributed by atoms with Crippen LogP contribution in [0.3, 0.4) is 0 Å². The number of carbonyl (C=O) groups excluding carboxylic acids is 1. The fourth-order valence-corrected chi connectivity index (χ4v) is 3.74. The lowest BCUT2D eigenvalue weighted by molar-refractivity contribution is -0.129. The van der Waals surface area contributed by atoms with Gasteiger partial charge in [-0.3, -0.25) is 4.79 Å². The number of fused-ring (bicyclic) bond motifs is 1. The predicted octanol–water partition coefficient (Wildman–Crippen LogP) is 1.59. The van der Waals surface area contributed by atoms with Gasteiger partial charge in [-0.05, 0) is 24.0 Å². The summed E-state index contributed by atoms with van der Waals surface area (Å²) in [5.74, 6) is 4.05. The number of nitrogens with one attached hydrogen (secondary N) is 1. The summed E-state index contributed by atoms with van der Waals surface area (Å²) in [6.45, 7) is 6.42. The van der Waals surface area contributed by atoms with Crippen LogP contribution in [0.4, 0.5) is 0 Å². The van der Waals surface area contributed by atoms with Crippen molar-refractivity contribution in [2.75, 3.05) is 37.7 Å². The fourth-order valence-electron chi connectivity index (χ4n) is 2.73. The van der Waals surface area contributed by atoms with E-state index < -0.39 is 0 Å². The van der Waals surface area contributed by atoms with Crippen LogP contribution in [0.1, 0.15) is 26.2 Å². The third-order valence-electron chi connectivity index (χ3n) is 3.84. The maximum Gasteiger partial charge on any atom is 0.223 e. The molecule has 0 aromatic carbocycles. The second-order valence-electron chi connectivity index (χ2n) is 5.19. The van der Waals surface area contributed by atoms with E-state index in [9.17, 15) is 4.79 Å². The van der Waals surface area contributed by atoms with E-state index in [1.807, 2.05) is 11.8 Å². The van der Waals surface area contributed by atoms with Crippen molar-refractivity contribution in [1.82, 2.24) is 10.2 Å². The summed E-state index contributed by atoms with van der Waals surface area (Å²) in [4.78, 5) is 14.1. The third-order valence-corrected chi connectivity index (χ3v) is 4.91. The standard InChI is InChI=1S/C13H24N2OS/c1-2-3-5-17-6-4-13(16)15-9-11-7-14-8-12(11)10-15/h11-12,14H,2-10H2,1H3/t11-,12+. The van der Waals surface area contributed by atoms with E-state index in [1.165, 1.54) is 18.6 Å². The van der Waals surface area contributed by atoms with Crippen LogP contribution in [-0.4, -0.2) is 48.5 Å². The maximum absolute atomic E-state index is 12.0. The molecule has 0 unspecified atom stereocenters. The fraction of sp³-hybridized carbons (Fsp3) is 0.923. The first-order chi connectivity index (χ1) is 8.31. The molecule has 0 aromatic rings. The van der Waals surface area contributed by atoms with Crippen LogP contribution < -0.4 is 5.32 Å². The molecule has 2 heterocycles. The number of hydrogen-bond acceptors (Lipinski definition) is 3. The number of likely N-dealkylation sites (tertiary alicyclic amines) is 1. The molecule has 1 amide bonds. The molecule has 0 saturated carbocycles. The van der Waals surface area contributed by atoms with Crippen LogP contribution in [-0.2, 0) is 4.79 Å². The molecule has 2 fully saturated rings. The predicted molar refractivity (Wildman–Crippen MR) is 73.3 cm³/mol. The third kappa shape index (κ3) is 3.62. The molecule has 0 radical (unpaired) electrons. The summed E-state index contributed by atoms with van der Waals surface area (Å²) < 4.78 is 0. The van der Waals surface area contributed by atoms with Crippen LogP contribution >= 0.6 is 11.8 Å². The van der Waals surface area contributed by atoms with E-state index in [0.717, 1.165) is 50.2 Å². The average molecular weight is 256 g/mol. The van der Waals surface area contributed by atoms with Crippen molar-refractivity contribution in [3.63, 3.8) is 0 Å². The highest BCUT2D eigenvalue weighted by molar-refractivity contribution is 7.99. The first-order valence-corrected chi connectivity index (χ1v) is 8.03. The molecule has 0 spiro atoms. The van der Waals surface area contributed by atoms with E-state index in [-0.39, 0.29) is 0 Å². The number of thioether (sulfide) groups is 1. The second kappa shape index (κ2) is 6.64. The molecule has 0 aromatic heterocycles. The molecule has 2 aliphatic heterocycles. The van der Waals surface area contributed by atoms with Crippen molar-refractivity contribution in [2.24, 2.45) is 11.8 Å². The minimum Gasteiger partial charge on any atom is -0.342 e. The molecule has 3 nitrogen and oxygen atoms in total. The Hall–Kier alpha value is -0.220. The molecule has 2 rings (SSSR count). The van der Waals surface area contributed by atoms with Gasteiger partial charge < -0.3 is 10.2 Å². The van der Waals surface area contributed by atoms with Gasteiger partial charge in [-0.15, -0.1) is 0 Å². The number of amides is 1. The quantitative estimate of drug-likeness (QED) is 0.733. The van der Waals surface area contributed by atoms with Gasteiger partial charge >= 0.3 is 0 Å². The van der Waals surface area contributed by atoms with Crippen molar-refractivity contribution >= 4 is 17.7 Å². The topological polar surface area (TPSA) is 32.3 Å². The molecule has 0 aliphatic carbocycles. The van der Waals surface area contributed by atoms with Crippen molar-refractivity contribution in [3.05, 3.63) is 0 Å². The Morgan fingerprint density at radius 2 is 2.00 bits per heavy atom. The van der Waals surface area contributed by atoms with E-state index in [2.05, 4.69) is 17.1 Å². The zero-order chi connectivity index (χ0) is 12.1. The average Bonchev–Trinajstić information content (AvgIpc) is 2.88. The Kier molecular flexibility index (Phi) is 5.16. The normalized spacial score (nSPS) is 27.5. The molecule has 17 heavy (non-hydrogen) atoms. The highest BCUT2D eigenvalue weighted by Gasteiger charge is 2.37. The van der Waals surface area contributed by atoms with Gasteiger partial charge in [0.15, 0.2) is 0 Å². The SMILES string of the molecule is CCCCSCCC(=O)N1C[C@H]2CNC[C@H]2C1. The summed E-state index contributed by atoms with van der Waals surface area (Å²) in [5, 5.41) is 3.41. The van der Waals surface area contributed by atoms with Gasteiger partial charge in [-0.2, -0.15) is 11.8 Å². The molecule has 98 valence electrons. The van der Waals surface area contributed by atoms with Gasteiger partial charge in [0.05, 0.1) is 0 Å². The van der Waals surface area contributed by atoms with Crippen LogP contribution in [0.2, 0.25) is 0 Å². The second-order valence-corrected chi connectivity index (χ2v) is 6.42. The van der Waals surface area contributed by atoms with Crippen molar-refractivity contribution in [1.29, 1.82) is 0 Å². The van der Waals surface area contributed by atoms with Crippen molar-refractivity contribution in [3.8, 4) is 0 Å². The zero-order valence-electron chi connectivity index (χ0n) is 10.8. The lowest BCUT2D eigenvalue weighted by Crippen LogP contribution is -2.32. The maximum atomic E-state index is 12.0. The van der Waals surface area contributed by atoms with Gasteiger partial charge in [-0.1, -0.05) is 13.3 Å². The van der Waals surface area contributed by atoms with E-state index in [0.29, 0.717) is 5.91 Å². The smallest absolute Gasteiger partial charge is 0.223 e. The molecule has 0 bridgehead atoms. The molecule has 2 atom stereocenters. The number of unbranched alkanes of at least 4 members (excludes halogenated alkanes) is 1. The summed E-state index contributed by atoms with van der Waals surface area (Å²) in [7, 11) is 0. The Morgan fingerprint density at radius 1 is 1.29 bits per heavy atom. The Labute approximate surface area is 109 Å². The van der Waals surface area contributed by atoms with Crippen molar-refractivity contribution < 1.29 is 4.79 Å². The molecule has 2 aliphatic rings. The summed E-state index contributed by atoms with van der Waals surface area (Å²) in [6, 6.07) is 0. The summed E-state index contributed by atoms with van der Waals surface area (Å²) in [6.07, 6.45) is 3.27. The van der Waals surface area contributed by atoms with Crippen LogP contribution in [0.15, 0.2) is 0 Å². The van der Waals surface area contributed by atoms with E-state index in [4.69, 9.17) is 0 Å². The van der Waals surface area contributed by atoms with Gasteiger partial charge in [0.1, 0.15) is 0 Å². The summed E-state index contributed by atoms with van der Waals surface area (Å²) >= 11 is 1.93. The Bertz CT molecular complexity index is 248. The lowest BCUT2D eigenvalue weighted by atomic mass is 10.0. The minimum absolute atomic E-state index is 0.378. The van der Waals surface area contributed by atoms with Gasteiger partial charge in [0, 0.05) is 38.4 Å². The molecule has 1 N–H and O–H groups in total. The Morgan fingerprint density at radius 3 is 2.65 bits per heavy atom. The molecule has 4 heteroatoms. The molecule has 2 saturated heterocycles. The van der Waals surface area contributed by atoms with Crippen LogP contribution in [0, 0.1) is 11.8 Å². The Balaban J connectivity index is 1.60. The number of rotatable bonds is 6. The van der Waals surface area contributed by atoms with Gasteiger partial charge in [-0.25, -0.2) is 0 Å². The zero-order valence-corrected chi connectivity index (χ0v) is 11.6. The van der Waals surface area contributed by atoms with Gasteiger partial charge in [0.2, 0.25) is 5.91 Å². The van der Waals surface area contributed by atoms with Gasteiger partial charge in [0.25, 0.3) is 0 Å². The van der Waals surface area contributed by atoms with E-state index >= 15 is 0 Å². The summed E-state index contributed by atoms with van der Waals surface area (Å²) in [5.41, 5.74) is 0. The van der Waals surface area contributed by atoms with Crippen LogP contribution in [0.25, 0.3) is 0 Å². The van der Waals surface area contributed by atoms with E-state index in [1.54, 1.807) is 0 Å². The lowest BCUT2D eigenvalue weighted by Gasteiger charge is -2.17. The van der Waals surface area contributed by atoms with Crippen molar-refractivity contribution in [2.45, 2.75) is 26.2 Å².